The Hall–Kier alpha value is -1.35. The van der Waals surface area contributed by atoms with E-state index in [1.54, 1.807) is 0 Å². The molecule has 0 bridgehead atoms. The number of carbonyl (C=O) groups excluding carboxylic acids is 1. The lowest BCUT2D eigenvalue weighted by Crippen LogP contribution is -2.42. The molecule has 102 valence electrons. The highest BCUT2D eigenvalue weighted by Crippen LogP contribution is 2.35. The number of benzene rings is 1. The Morgan fingerprint density at radius 3 is 2.89 bits per heavy atom. The van der Waals surface area contributed by atoms with E-state index in [-0.39, 0.29) is 5.91 Å². The van der Waals surface area contributed by atoms with Crippen LogP contribution in [0.25, 0.3) is 0 Å². The maximum absolute atomic E-state index is 12.5. The summed E-state index contributed by atoms with van der Waals surface area (Å²) in [6.07, 6.45) is 3.64. The molecule has 0 aromatic heterocycles. The minimum absolute atomic E-state index is 0.236. The highest BCUT2D eigenvalue weighted by atomic mass is 16.2. The van der Waals surface area contributed by atoms with Crippen LogP contribution in [0.4, 0.5) is 5.69 Å². The van der Waals surface area contributed by atoms with Crippen molar-refractivity contribution < 1.29 is 4.79 Å². The van der Waals surface area contributed by atoms with Crippen molar-refractivity contribution in [3.63, 3.8) is 0 Å². The number of hydrogen-bond donors (Lipinski definition) is 0. The average Bonchev–Trinajstić information content (AvgIpc) is 3.16. The Balaban J connectivity index is 1.65. The molecular formula is C16H22N2O. The van der Waals surface area contributed by atoms with Gasteiger partial charge >= 0.3 is 0 Å². The van der Waals surface area contributed by atoms with Crippen LogP contribution in [0.2, 0.25) is 0 Å². The summed E-state index contributed by atoms with van der Waals surface area (Å²) in [4.78, 5) is 16.6. The number of amides is 1. The molecule has 1 amide bonds. The Morgan fingerprint density at radius 1 is 1.42 bits per heavy atom. The molecule has 0 spiro atoms. The molecule has 3 heteroatoms. The van der Waals surface area contributed by atoms with E-state index >= 15 is 0 Å². The summed E-state index contributed by atoms with van der Waals surface area (Å²) in [5.74, 6) is 1.05. The van der Waals surface area contributed by atoms with Crippen molar-refractivity contribution in [3.05, 3.63) is 29.8 Å². The second kappa shape index (κ2) is 4.97. The van der Waals surface area contributed by atoms with Gasteiger partial charge in [0.15, 0.2) is 0 Å². The highest BCUT2D eigenvalue weighted by Gasteiger charge is 2.32. The Kier molecular flexibility index (Phi) is 3.31. The molecule has 19 heavy (non-hydrogen) atoms. The summed E-state index contributed by atoms with van der Waals surface area (Å²) in [5.41, 5.74) is 2.41. The zero-order valence-corrected chi connectivity index (χ0v) is 11.8. The van der Waals surface area contributed by atoms with Crippen LogP contribution >= 0.6 is 0 Å². The Bertz CT molecular complexity index is 481. The van der Waals surface area contributed by atoms with Crippen molar-refractivity contribution >= 4 is 11.6 Å². The summed E-state index contributed by atoms with van der Waals surface area (Å²) < 4.78 is 0. The van der Waals surface area contributed by atoms with E-state index in [9.17, 15) is 4.79 Å². The zero-order valence-electron chi connectivity index (χ0n) is 11.8. The predicted octanol–water partition coefficient (Wildman–Crippen LogP) is 2.31. The second-order valence-electron chi connectivity index (χ2n) is 5.92. The van der Waals surface area contributed by atoms with Gasteiger partial charge in [0.1, 0.15) is 0 Å². The van der Waals surface area contributed by atoms with Gasteiger partial charge in [-0.2, -0.15) is 0 Å². The van der Waals surface area contributed by atoms with Crippen LogP contribution < -0.4 is 4.90 Å². The van der Waals surface area contributed by atoms with Gasteiger partial charge in [0, 0.05) is 18.3 Å². The molecular weight excluding hydrogens is 236 g/mol. The average molecular weight is 258 g/mol. The molecule has 1 aliphatic carbocycles. The van der Waals surface area contributed by atoms with Gasteiger partial charge in [-0.1, -0.05) is 18.2 Å². The monoisotopic (exact) mass is 258 g/mol. The number of para-hydroxylation sites is 1. The lowest BCUT2D eigenvalue weighted by molar-refractivity contribution is -0.119. The standard InChI is InChI=1S/C16H22N2O/c1-12(13-7-8-13)17(2)11-16(19)18-10-9-14-5-3-4-6-15(14)18/h3-6,12-13H,7-11H2,1-2H3. The van der Waals surface area contributed by atoms with Crippen molar-refractivity contribution in [2.24, 2.45) is 5.92 Å². The summed E-state index contributed by atoms with van der Waals surface area (Å²) in [6, 6.07) is 8.78. The van der Waals surface area contributed by atoms with E-state index in [0.717, 1.165) is 24.6 Å². The van der Waals surface area contributed by atoms with E-state index in [4.69, 9.17) is 0 Å². The van der Waals surface area contributed by atoms with Crippen LogP contribution in [0.15, 0.2) is 24.3 Å². The number of nitrogens with zero attached hydrogens (tertiary/aromatic N) is 2. The van der Waals surface area contributed by atoms with E-state index in [0.29, 0.717) is 12.6 Å². The molecule has 1 heterocycles. The largest absolute Gasteiger partial charge is 0.311 e. The van der Waals surface area contributed by atoms with Gasteiger partial charge in [-0.25, -0.2) is 0 Å². The molecule has 2 aliphatic rings. The highest BCUT2D eigenvalue weighted by molar-refractivity contribution is 5.96. The van der Waals surface area contributed by atoms with Gasteiger partial charge in [-0.3, -0.25) is 9.69 Å². The van der Waals surface area contributed by atoms with E-state index in [1.807, 2.05) is 17.0 Å². The molecule has 1 aromatic carbocycles. The van der Waals surface area contributed by atoms with Crippen molar-refractivity contribution in [2.75, 3.05) is 25.0 Å². The van der Waals surface area contributed by atoms with Crippen LogP contribution in [-0.4, -0.2) is 37.0 Å². The molecule has 1 fully saturated rings. The van der Waals surface area contributed by atoms with E-state index < -0.39 is 0 Å². The Labute approximate surface area is 115 Å². The number of hydrogen-bond acceptors (Lipinski definition) is 2. The van der Waals surface area contributed by atoms with Crippen LogP contribution in [0.1, 0.15) is 25.3 Å². The number of fused-ring (bicyclic) bond motifs is 1. The molecule has 1 saturated carbocycles. The topological polar surface area (TPSA) is 23.6 Å². The third kappa shape index (κ3) is 2.52. The van der Waals surface area contributed by atoms with Crippen LogP contribution in [0, 0.1) is 5.92 Å². The summed E-state index contributed by atoms with van der Waals surface area (Å²) in [6.45, 7) is 3.61. The quantitative estimate of drug-likeness (QED) is 0.827. The normalized spacial score (nSPS) is 19.6. The molecule has 3 nitrogen and oxygen atoms in total. The maximum atomic E-state index is 12.5. The molecule has 3 rings (SSSR count). The first-order chi connectivity index (χ1) is 9.16. The van der Waals surface area contributed by atoms with Crippen molar-refractivity contribution in [2.45, 2.75) is 32.2 Å². The molecule has 1 atom stereocenters. The number of rotatable bonds is 4. The van der Waals surface area contributed by atoms with Crippen molar-refractivity contribution in [3.8, 4) is 0 Å². The Morgan fingerprint density at radius 2 is 2.16 bits per heavy atom. The van der Waals surface area contributed by atoms with E-state index in [1.165, 1.54) is 18.4 Å². The van der Waals surface area contributed by atoms with Gasteiger partial charge in [0.05, 0.1) is 6.54 Å². The third-order valence-corrected chi connectivity index (χ3v) is 4.57. The van der Waals surface area contributed by atoms with Crippen molar-refractivity contribution in [1.82, 2.24) is 4.90 Å². The molecule has 1 unspecified atom stereocenters. The molecule has 0 saturated heterocycles. The minimum atomic E-state index is 0.236. The first-order valence-corrected chi connectivity index (χ1v) is 7.25. The van der Waals surface area contributed by atoms with Gasteiger partial charge in [0.25, 0.3) is 0 Å². The van der Waals surface area contributed by atoms with Gasteiger partial charge < -0.3 is 4.90 Å². The van der Waals surface area contributed by atoms with E-state index in [2.05, 4.69) is 31.0 Å². The van der Waals surface area contributed by atoms with Gasteiger partial charge in [-0.05, 0) is 50.8 Å². The molecule has 1 aromatic rings. The van der Waals surface area contributed by atoms with Crippen molar-refractivity contribution in [1.29, 1.82) is 0 Å². The molecule has 0 N–H and O–H groups in total. The summed E-state index contributed by atoms with van der Waals surface area (Å²) >= 11 is 0. The number of likely N-dealkylation sites (N-methyl/N-ethyl adjacent to an activating group) is 1. The minimum Gasteiger partial charge on any atom is -0.311 e. The summed E-state index contributed by atoms with van der Waals surface area (Å²) in [5, 5.41) is 0. The fourth-order valence-corrected chi connectivity index (χ4v) is 2.98. The van der Waals surface area contributed by atoms with Crippen LogP contribution in [0.5, 0.6) is 0 Å². The number of carbonyl (C=O) groups is 1. The smallest absolute Gasteiger partial charge is 0.241 e. The first-order valence-electron chi connectivity index (χ1n) is 7.25. The lowest BCUT2D eigenvalue weighted by atomic mass is 10.2. The SMILES string of the molecule is CC(C1CC1)N(C)CC(=O)N1CCc2ccccc21. The maximum Gasteiger partial charge on any atom is 0.241 e. The van der Waals surface area contributed by atoms with Crippen LogP contribution in [0.3, 0.4) is 0 Å². The molecule has 1 aliphatic heterocycles. The number of anilines is 1. The first kappa shape index (κ1) is 12.7. The van der Waals surface area contributed by atoms with Crippen LogP contribution in [-0.2, 0) is 11.2 Å². The fraction of sp³-hybridized carbons (Fsp3) is 0.562. The second-order valence-corrected chi connectivity index (χ2v) is 5.92. The third-order valence-electron chi connectivity index (χ3n) is 4.57. The zero-order chi connectivity index (χ0) is 13.4. The predicted molar refractivity (Wildman–Crippen MR) is 77.3 cm³/mol. The lowest BCUT2D eigenvalue weighted by Gasteiger charge is -2.26. The van der Waals surface area contributed by atoms with Gasteiger partial charge in [0.2, 0.25) is 5.91 Å². The fourth-order valence-electron chi connectivity index (χ4n) is 2.98. The molecule has 0 radical (unpaired) electrons. The van der Waals surface area contributed by atoms with Gasteiger partial charge in [-0.15, -0.1) is 0 Å². The summed E-state index contributed by atoms with van der Waals surface area (Å²) in [7, 11) is 2.07.